The second-order valence-electron chi connectivity index (χ2n) is 4.47. The maximum absolute atomic E-state index is 11.8. The molecule has 104 valence electrons. The highest BCUT2D eigenvalue weighted by atomic mass is 16.4. The molecule has 1 unspecified atom stereocenters. The van der Waals surface area contributed by atoms with Crippen molar-refractivity contribution in [2.45, 2.75) is 19.9 Å². The minimum Gasteiger partial charge on any atom is -0.481 e. The van der Waals surface area contributed by atoms with Crippen LogP contribution in [0.2, 0.25) is 0 Å². The molecule has 0 aliphatic carbocycles. The molecule has 0 aromatic carbocycles. The van der Waals surface area contributed by atoms with Gasteiger partial charge in [0.15, 0.2) is 0 Å². The molecule has 2 N–H and O–H groups in total. The van der Waals surface area contributed by atoms with Gasteiger partial charge in [-0.3, -0.25) is 9.78 Å². The molecule has 6 heteroatoms. The van der Waals surface area contributed by atoms with Crippen molar-refractivity contribution >= 4 is 12.0 Å². The van der Waals surface area contributed by atoms with Gasteiger partial charge in [0.1, 0.15) is 0 Å². The van der Waals surface area contributed by atoms with E-state index < -0.39 is 11.9 Å². The smallest absolute Gasteiger partial charge is 0.317 e. The molecule has 1 aromatic heterocycles. The lowest BCUT2D eigenvalue weighted by atomic mass is 10.1. The third-order valence-corrected chi connectivity index (χ3v) is 2.79. The molecule has 1 atom stereocenters. The van der Waals surface area contributed by atoms with E-state index in [-0.39, 0.29) is 6.03 Å². The summed E-state index contributed by atoms with van der Waals surface area (Å²) >= 11 is 0. The highest BCUT2D eigenvalue weighted by Crippen LogP contribution is 2.02. The van der Waals surface area contributed by atoms with E-state index in [2.05, 4.69) is 10.3 Å². The van der Waals surface area contributed by atoms with E-state index in [0.29, 0.717) is 19.5 Å². The number of nitrogens with zero attached hydrogens (tertiary/aromatic N) is 2. The van der Waals surface area contributed by atoms with Crippen LogP contribution in [0.25, 0.3) is 0 Å². The van der Waals surface area contributed by atoms with Crippen molar-refractivity contribution in [3.63, 3.8) is 0 Å². The SMILES string of the molecule is CC(CCNC(=O)N(C)Cc1ccncc1)C(=O)O. The number of pyridine rings is 1. The van der Waals surface area contributed by atoms with E-state index in [0.717, 1.165) is 5.56 Å². The van der Waals surface area contributed by atoms with E-state index >= 15 is 0 Å². The Labute approximate surface area is 112 Å². The fourth-order valence-electron chi connectivity index (χ4n) is 1.49. The summed E-state index contributed by atoms with van der Waals surface area (Å²) in [6.45, 7) is 2.46. The van der Waals surface area contributed by atoms with Gasteiger partial charge in [-0.25, -0.2) is 4.79 Å². The van der Waals surface area contributed by atoms with Crippen molar-refractivity contribution in [1.29, 1.82) is 0 Å². The fourth-order valence-corrected chi connectivity index (χ4v) is 1.49. The molecule has 0 fully saturated rings. The predicted molar refractivity (Wildman–Crippen MR) is 70.5 cm³/mol. The number of carbonyl (C=O) groups excluding carboxylic acids is 1. The van der Waals surface area contributed by atoms with Crippen LogP contribution in [0.15, 0.2) is 24.5 Å². The number of aliphatic carboxylic acids is 1. The van der Waals surface area contributed by atoms with Crippen LogP contribution in [0.1, 0.15) is 18.9 Å². The van der Waals surface area contributed by atoms with Crippen molar-refractivity contribution < 1.29 is 14.7 Å². The first-order valence-corrected chi connectivity index (χ1v) is 6.11. The average Bonchev–Trinajstić information content (AvgIpc) is 2.39. The van der Waals surface area contributed by atoms with Crippen molar-refractivity contribution in [3.8, 4) is 0 Å². The Morgan fingerprint density at radius 2 is 2.05 bits per heavy atom. The lowest BCUT2D eigenvalue weighted by Gasteiger charge is -2.18. The molecular weight excluding hydrogens is 246 g/mol. The minimum absolute atomic E-state index is 0.214. The van der Waals surface area contributed by atoms with Crippen molar-refractivity contribution in [2.24, 2.45) is 5.92 Å². The number of nitrogens with one attached hydrogen (secondary N) is 1. The Balaban J connectivity index is 2.31. The highest BCUT2D eigenvalue weighted by molar-refractivity contribution is 5.74. The first-order chi connectivity index (χ1) is 9.00. The largest absolute Gasteiger partial charge is 0.481 e. The number of urea groups is 1. The maximum Gasteiger partial charge on any atom is 0.317 e. The van der Waals surface area contributed by atoms with Crippen LogP contribution in [-0.4, -0.2) is 40.6 Å². The molecule has 0 saturated carbocycles. The van der Waals surface area contributed by atoms with Crippen LogP contribution in [0, 0.1) is 5.92 Å². The standard InChI is InChI=1S/C13H19N3O3/c1-10(12(17)18)3-8-15-13(19)16(2)9-11-4-6-14-7-5-11/h4-7,10H,3,8-9H2,1-2H3,(H,15,19)(H,17,18). The first kappa shape index (κ1) is 14.9. The summed E-state index contributed by atoms with van der Waals surface area (Å²) in [4.78, 5) is 27.8. The number of carboxylic acids is 1. The van der Waals surface area contributed by atoms with Gasteiger partial charge in [-0.15, -0.1) is 0 Å². The van der Waals surface area contributed by atoms with Gasteiger partial charge >= 0.3 is 12.0 Å². The number of hydrogen-bond acceptors (Lipinski definition) is 3. The van der Waals surface area contributed by atoms with E-state index in [4.69, 9.17) is 5.11 Å². The quantitative estimate of drug-likeness (QED) is 0.813. The van der Waals surface area contributed by atoms with Crippen molar-refractivity contribution in [1.82, 2.24) is 15.2 Å². The fraction of sp³-hybridized carbons (Fsp3) is 0.462. The van der Waals surface area contributed by atoms with Crippen LogP contribution in [0.4, 0.5) is 4.79 Å². The normalized spacial score (nSPS) is 11.7. The first-order valence-electron chi connectivity index (χ1n) is 6.11. The minimum atomic E-state index is -0.848. The van der Waals surface area contributed by atoms with Gasteiger partial charge in [0.25, 0.3) is 0 Å². The third kappa shape index (κ3) is 5.37. The summed E-state index contributed by atoms with van der Waals surface area (Å²) in [5.74, 6) is -1.30. The molecule has 0 saturated heterocycles. The Kier molecular flexibility index (Phi) is 5.78. The molecule has 0 spiro atoms. The molecule has 0 bridgehead atoms. The molecular formula is C13H19N3O3. The van der Waals surface area contributed by atoms with Gasteiger partial charge < -0.3 is 15.3 Å². The van der Waals surface area contributed by atoms with Gasteiger partial charge in [0.05, 0.1) is 5.92 Å². The lowest BCUT2D eigenvalue weighted by Crippen LogP contribution is -2.38. The van der Waals surface area contributed by atoms with E-state index in [1.54, 1.807) is 31.3 Å². The van der Waals surface area contributed by atoms with E-state index in [1.165, 1.54) is 0 Å². The zero-order valence-electron chi connectivity index (χ0n) is 11.2. The van der Waals surface area contributed by atoms with E-state index in [9.17, 15) is 9.59 Å². The molecule has 1 aromatic rings. The molecule has 1 rings (SSSR count). The zero-order chi connectivity index (χ0) is 14.3. The van der Waals surface area contributed by atoms with Crippen molar-refractivity contribution in [3.05, 3.63) is 30.1 Å². The van der Waals surface area contributed by atoms with Gasteiger partial charge in [-0.05, 0) is 24.1 Å². The van der Waals surface area contributed by atoms with Crippen LogP contribution < -0.4 is 5.32 Å². The Hall–Kier alpha value is -2.11. The zero-order valence-corrected chi connectivity index (χ0v) is 11.2. The summed E-state index contributed by atoms with van der Waals surface area (Å²) in [6, 6.07) is 3.47. The summed E-state index contributed by atoms with van der Waals surface area (Å²) in [6.07, 6.45) is 3.77. The molecule has 0 aliphatic rings. The van der Waals surface area contributed by atoms with Crippen LogP contribution in [-0.2, 0) is 11.3 Å². The monoisotopic (exact) mass is 265 g/mol. The Morgan fingerprint density at radius 3 is 2.63 bits per heavy atom. The topological polar surface area (TPSA) is 82.5 Å². The lowest BCUT2D eigenvalue weighted by molar-refractivity contribution is -0.141. The average molecular weight is 265 g/mol. The van der Waals surface area contributed by atoms with Gasteiger partial charge in [-0.1, -0.05) is 6.92 Å². The second kappa shape index (κ2) is 7.35. The molecule has 6 nitrogen and oxygen atoms in total. The van der Waals surface area contributed by atoms with E-state index in [1.807, 2.05) is 12.1 Å². The number of carbonyl (C=O) groups is 2. The summed E-state index contributed by atoms with van der Waals surface area (Å²) < 4.78 is 0. The number of amides is 2. The second-order valence-corrected chi connectivity index (χ2v) is 4.47. The third-order valence-electron chi connectivity index (χ3n) is 2.79. The van der Waals surface area contributed by atoms with Crippen LogP contribution >= 0.6 is 0 Å². The molecule has 1 heterocycles. The number of hydrogen-bond donors (Lipinski definition) is 2. The summed E-state index contributed by atoms with van der Waals surface area (Å²) in [5.41, 5.74) is 0.992. The molecule has 0 radical (unpaired) electrons. The van der Waals surface area contributed by atoms with Gasteiger partial charge in [-0.2, -0.15) is 0 Å². The summed E-state index contributed by atoms with van der Waals surface area (Å²) in [7, 11) is 1.69. The number of carboxylic acid groups (broad SMARTS) is 1. The highest BCUT2D eigenvalue weighted by Gasteiger charge is 2.12. The van der Waals surface area contributed by atoms with Crippen LogP contribution in [0.3, 0.4) is 0 Å². The molecule has 19 heavy (non-hydrogen) atoms. The number of aromatic nitrogens is 1. The van der Waals surface area contributed by atoms with Gasteiger partial charge in [0.2, 0.25) is 0 Å². The molecule has 2 amide bonds. The van der Waals surface area contributed by atoms with Gasteiger partial charge in [0, 0.05) is 32.5 Å². The Morgan fingerprint density at radius 1 is 1.42 bits per heavy atom. The summed E-state index contributed by atoms with van der Waals surface area (Å²) in [5, 5.41) is 11.4. The number of rotatable bonds is 6. The maximum atomic E-state index is 11.8. The predicted octanol–water partition coefficient (Wildman–Crippen LogP) is 1.33. The Bertz CT molecular complexity index is 422. The van der Waals surface area contributed by atoms with Crippen molar-refractivity contribution in [2.75, 3.05) is 13.6 Å². The van der Waals surface area contributed by atoms with Crippen LogP contribution in [0.5, 0.6) is 0 Å². The molecule has 0 aliphatic heterocycles.